The average Bonchev–Trinajstić information content (AvgIpc) is 2.69. The molecule has 0 aliphatic carbocycles. The highest BCUT2D eigenvalue weighted by Crippen LogP contribution is 2.26. The number of aryl methyl sites for hydroxylation is 3. The van der Waals surface area contributed by atoms with Crippen molar-refractivity contribution in [3.05, 3.63) is 82.3 Å². The zero-order valence-corrected chi connectivity index (χ0v) is 15.4. The van der Waals surface area contributed by atoms with Crippen molar-refractivity contribution >= 4 is 5.82 Å². The van der Waals surface area contributed by atoms with E-state index < -0.39 is 0 Å². The van der Waals surface area contributed by atoms with Gasteiger partial charge >= 0.3 is 0 Å². The van der Waals surface area contributed by atoms with E-state index in [1.165, 1.54) is 33.5 Å². The lowest BCUT2D eigenvalue weighted by molar-refractivity contribution is 0.689. The van der Waals surface area contributed by atoms with E-state index in [0.717, 1.165) is 38.2 Å². The van der Waals surface area contributed by atoms with E-state index in [1.807, 2.05) is 6.20 Å². The van der Waals surface area contributed by atoms with Gasteiger partial charge in [-0.05, 0) is 54.5 Å². The summed E-state index contributed by atoms with van der Waals surface area (Å²) in [5, 5.41) is 8.54. The van der Waals surface area contributed by atoms with E-state index in [1.54, 1.807) is 0 Å². The molecule has 0 radical (unpaired) electrons. The maximum atomic E-state index is 4.74. The second kappa shape index (κ2) is 7.24. The van der Waals surface area contributed by atoms with Gasteiger partial charge in [-0.15, -0.1) is 5.10 Å². The van der Waals surface area contributed by atoms with Gasteiger partial charge in [0.1, 0.15) is 0 Å². The summed E-state index contributed by atoms with van der Waals surface area (Å²) in [5.74, 6) is 1.00. The summed E-state index contributed by atoms with van der Waals surface area (Å²) in [5.41, 5.74) is 7.64. The Labute approximate surface area is 154 Å². The van der Waals surface area contributed by atoms with Gasteiger partial charge < -0.3 is 4.90 Å². The number of fused-ring (bicyclic) bond motifs is 1. The first-order chi connectivity index (χ1) is 12.7. The molecule has 1 aliphatic rings. The number of aromatic nitrogens is 3. The van der Waals surface area contributed by atoms with Crippen molar-refractivity contribution in [2.45, 2.75) is 39.7 Å². The molecule has 0 fully saturated rings. The molecule has 1 aromatic carbocycles. The highest BCUT2D eigenvalue weighted by molar-refractivity contribution is 5.50. The van der Waals surface area contributed by atoms with Crippen LogP contribution in [0.5, 0.6) is 0 Å². The highest BCUT2D eigenvalue weighted by Gasteiger charge is 2.21. The predicted octanol–water partition coefficient (Wildman–Crippen LogP) is 3.84. The fourth-order valence-corrected chi connectivity index (χ4v) is 3.55. The van der Waals surface area contributed by atoms with Gasteiger partial charge in [0.2, 0.25) is 0 Å². The largest absolute Gasteiger partial charge is 0.350 e. The first-order valence-electron chi connectivity index (χ1n) is 9.25. The van der Waals surface area contributed by atoms with E-state index in [-0.39, 0.29) is 0 Å². The van der Waals surface area contributed by atoms with Gasteiger partial charge in [-0.2, -0.15) is 5.10 Å². The highest BCUT2D eigenvalue weighted by atomic mass is 15.3. The van der Waals surface area contributed by atoms with Crippen molar-refractivity contribution in [3.8, 4) is 0 Å². The van der Waals surface area contributed by atoms with Gasteiger partial charge in [0.25, 0.3) is 0 Å². The number of hydrogen-bond acceptors (Lipinski definition) is 4. The van der Waals surface area contributed by atoms with Gasteiger partial charge in [-0.25, -0.2) is 0 Å². The molecule has 0 N–H and O–H groups in total. The Bertz CT molecular complexity index is 905. The van der Waals surface area contributed by atoms with Crippen LogP contribution in [0.4, 0.5) is 5.82 Å². The van der Waals surface area contributed by atoms with Crippen molar-refractivity contribution in [3.63, 3.8) is 0 Å². The lowest BCUT2D eigenvalue weighted by atomic mass is 10.00. The van der Waals surface area contributed by atoms with E-state index in [2.05, 4.69) is 71.5 Å². The number of benzene rings is 1. The molecule has 4 rings (SSSR count). The van der Waals surface area contributed by atoms with Crippen LogP contribution in [0, 0.1) is 13.8 Å². The minimum absolute atomic E-state index is 0.862. The average molecular weight is 344 g/mol. The Morgan fingerprint density at radius 2 is 1.81 bits per heavy atom. The van der Waals surface area contributed by atoms with Gasteiger partial charge in [-0.3, -0.25) is 4.98 Å². The molecular weight excluding hydrogens is 320 g/mol. The van der Waals surface area contributed by atoms with Crippen molar-refractivity contribution in [1.29, 1.82) is 0 Å². The maximum absolute atomic E-state index is 4.74. The number of pyridine rings is 1. The molecule has 3 aromatic rings. The number of anilines is 1. The maximum Gasteiger partial charge on any atom is 0.154 e. The van der Waals surface area contributed by atoms with E-state index in [4.69, 9.17) is 4.98 Å². The van der Waals surface area contributed by atoms with Crippen molar-refractivity contribution < 1.29 is 0 Å². The smallest absolute Gasteiger partial charge is 0.154 e. The molecule has 26 heavy (non-hydrogen) atoms. The van der Waals surface area contributed by atoms with Crippen LogP contribution < -0.4 is 4.90 Å². The Balaban J connectivity index is 1.52. The molecule has 0 atom stereocenters. The zero-order valence-electron chi connectivity index (χ0n) is 15.4. The molecule has 4 heteroatoms. The number of hydrogen-bond donors (Lipinski definition) is 0. The molecule has 0 unspecified atom stereocenters. The molecule has 2 aromatic heterocycles. The van der Waals surface area contributed by atoms with Gasteiger partial charge in [-0.1, -0.05) is 36.4 Å². The van der Waals surface area contributed by atoms with Crippen LogP contribution in [0.3, 0.4) is 0 Å². The zero-order chi connectivity index (χ0) is 17.9. The third-order valence-corrected chi connectivity index (χ3v) is 5.27. The fourth-order valence-electron chi connectivity index (χ4n) is 3.55. The Morgan fingerprint density at radius 1 is 1.00 bits per heavy atom. The Kier molecular flexibility index (Phi) is 4.65. The van der Waals surface area contributed by atoms with Gasteiger partial charge in [0, 0.05) is 31.4 Å². The van der Waals surface area contributed by atoms with Crippen LogP contribution >= 0.6 is 0 Å². The summed E-state index contributed by atoms with van der Waals surface area (Å²) < 4.78 is 0. The van der Waals surface area contributed by atoms with Crippen molar-refractivity contribution in [1.82, 2.24) is 15.2 Å². The van der Waals surface area contributed by atoms with Crippen LogP contribution in [0.1, 0.15) is 33.5 Å². The summed E-state index contributed by atoms with van der Waals surface area (Å²) >= 11 is 0. The van der Waals surface area contributed by atoms with Gasteiger partial charge in [0.15, 0.2) is 5.82 Å². The van der Waals surface area contributed by atoms with Crippen LogP contribution in [0.15, 0.2) is 48.8 Å². The third kappa shape index (κ3) is 3.45. The minimum atomic E-state index is 0.862. The van der Waals surface area contributed by atoms with Crippen molar-refractivity contribution in [2.75, 3.05) is 11.4 Å². The molecule has 0 saturated heterocycles. The van der Waals surface area contributed by atoms with Gasteiger partial charge in [0.05, 0.1) is 6.20 Å². The van der Waals surface area contributed by atoms with Crippen LogP contribution in [-0.4, -0.2) is 21.7 Å². The molecule has 4 nitrogen and oxygen atoms in total. The quantitative estimate of drug-likeness (QED) is 0.721. The summed E-state index contributed by atoms with van der Waals surface area (Å²) in [4.78, 5) is 7.07. The summed E-state index contributed by atoms with van der Waals surface area (Å²) in [7, 11) is 0. The summed E-state index contributed by atoms with van der Waals surface area (Å²) in [6.07, 6.45) is 6.92. The fraction of sp³-hybridized carbons (Fsp3) is 0.318. The predicted molar refractivity (Wildman–Crippen MR) is 104 cm³/mol. The molecular formula is C22H24N4. The SMILES string of the molecule is Cc1cnnc(N2CCc3ncc(CCc4ccccc4)cc3C2)c1C. The lowest BCUT2D eigenvalue weighted by Crippen LogP contribution is -2.32. The Morgan fingerprint density at radius 3 is 2.65 bits per heavy atom. The molecule has 0 bridgehead atoms. The second-order valence-electron chi connectivity index (χ2n) is 7.08. The molecule has 132 valence electrons. The third-order valence-electron chi connectivity index (χ3n) is 5.27. The first kappa shape index (κ1) is 16.7. The molecule has 0 spiro atoms. The van der Waals surface area contributed by atoms with Crippen LogP contribution in [0.2, 0.25) is 0 Å². The van der Waals surface area contributed by atoms with E-state index in [9.17, 15) is 0 Å². The topological polar surface area (TPSA) is 41.9 Å². The number of rotatable bonds is 4. The minimum Gasteiger partial charge on any atom is -0.350 e. The molecule has 0 saturated carbocycles. The number of nitrogens with zero attached hydrogens (tertiary/aromatic N) is 4. The lowest BCUT2D eigenvalue weighted by Gasteiger charge is -2.30. The van der Waals surface area contributed by atoms with Crippen molar-refractivity contribution in [2.24, 2.45) is 0 Å². The molecule has 0 amide bonds. The molecule has 1 aliphatic heterocycles. The van der Waals surface area contributed by atoms with Crippen LogP contribution in [0.25, 0.3) is 0 Å². The van der Waals surface area contributed by atoms with E-state index >= 15 is 0 Å². The van der Waals surface area contributed by atoms with E-state index in [0.29, 0.717) is 0 Å². The molecule has 3 heterocycles. The normalized spacial score (nSPS) is 13.5. The second-order valence-corrected chi connectivity index (χ2v) is 7.08. The monoisotopic (exact) mass is 344 g/mol. The Hall–Kier alpha value is -2.75. The summed E-state index contributed by atoms with van der Waals surface area (Å²) in [6.45, 7) is 6.03. The van der Waals surface area contributed by atoms with Crippen LogP contribution in [-0.2, 0) is 25.8 Å². The standard InChI is InChI=1S/C22H24N4/c1-16-13-24-25-22(17(16)2)26-11-10-21-20(15-26)12-19(14-23-21)9-8-18-6-4-3-5-7-18/h3-7,12-14H,8-11,15H2,1-2H3. The summed E-state index contributed by atoms with van der Waals surface area (Å²) in [6, 6.07) is 13.0. The first-order valence-corrected chi connectivity index (χ1v) is 9.25.